The number of hydrogen-bond acceptors (Lipinski definition) is 3. The molecule has 1 atom stereocenters. The van der Waals surface area contributed by atoms with Gasteiger partial charge in [-0.1, -0.05) is 12.1 Å². The fraction of sp³-hybridized carbons (Fsp3) is 0.526. The molecular weight excluding hydrogens is 316 g/mol. The van der Waals surface area contributed by atoms with Crippen LogP contribution in [-0.4, -0.2) is 51.2 Å². The fourth-order valence-corrected chi connectivity index (χ4v) is 3.96. The van der Waals surface area contributed by atoms with E-state index in [1.54, 1.807) is 0 Å². The normalized spacial score (nSPS) is 21.3. The number of carbonyl (C=O) groups is 2. The largest absolute Gasteiger partial charge is 0.342 e. The van der Waals surface area contributed by atoms with E-state index in [1.807, 2.05) is 34.1 Å². The minimum Gasteiger partial charge on any atom is -0.342 e. The van der Waals surface area contributed by atoms with Gasteiger partial charge >= 0.3 is 0 Å². The van der Waals surface area contributed by atoms with Crippen molar-refractivity contribution in [3.8, 4) is 0 Å². The Morgan fingerprint density at radius 3 is 2.88 bits per heavy atom. The molecule has 1 aromatic carbocycles. The Hall–Kier alpha value is -2.37. The van der Waals surface area contributed by atoms with Crippen LogP contribution in [0.25, 0.3) is 11.0 Å². The van der Waals surface area contributed by atoms with E-state index in [0.29, 0.717) is 19.4 Å². The van der Waals surface area contributed by atoms with Gasteiger partial charge in [0.15, 0.2) is 0 Å². The minimum atomic E-state index is 0.0166. The lowest BCUT2D eigenvalue weighted by atomic mass is 10.0. The zero-order valence-corrected chi connectivity index (χ0v) is 14.4. The second-order valence-electron chi connectivity index (χ2n) is 6.97. The Bertz CT molecular complexity index is 752. The second kappa shape index (κ2) is 6.86. The summed E-state index contributed by atoms with van der Waals surface area (Å²) in [6, 6.07) is 7.98. The number of aromatic nitrogens is 2. The van der Waals surface area contributed by atoms with Crippen molar-refractivity contribution in [2.24, 2.45) is 0 Å². The molecule has 1 aromatic heterocycles. The van der Waals surface area contributed by atoms with Crippen LogP contribution >= 0.6 is 0 Å². The van der Waals surface area contributed by atoms with Gasteiger partial charge in [-0.15, -0.1) is 0 Å². The van der Waals surface area contributed by atoms with Crippen molar-refractivity contribution in [2.45, 2.75) is 44.6 Å². The number of para-hydroxylation sites is 2. The third kappa shape index (κ3) is 3.25. The summed E-state index contributed by atoms with van der Waals surface area (Å²) in [6.07, 6.45) is 5.02. The number of carbonyl (C=O) groups excluding carboxylic acids is 2. The van der Waals surface area contributed by atoms with Gasteiger partial charge in [-0.3, -0.25) is 9.59 Å². The molecule has 1 N–H and O–H groups in total. The lowest BCUT2D eigenvalue weighted by Crippen LogP contribution is -2.40. The summed E-state index contributed by atoms with van der Waals surface area (Å²) in [5.41, 5.74) is 1.95. The summed E-state index contributed by atoms with van der Waals surface area (Å²) in [6.45, 7) is 2.11. The van der Waals surface area contributed by atoms with Crippen LogP contribution in [0.5, 0.6) is 0 Å². The van der Waals surface area contributed by atoms with E-state index in [-0.39, 0.29) is 17.9 Å². The van der Waals surface area contributed by atoms with Gasteiger partial charge in [-0.2, -0.15) is 0 Å². The van der Waals surface area contributed by atoms with Gasteiger partial charge < -0.3 is 14.8 Å². The number of H-pyrrole nitrogens is 1. The molecule has 6 nitrogen and oxygen atoms in total. The highest BCUT2D eigenvalue weighted by Crippen LogP contribution is 2.31. The molecule has 2 aliphatic heterocycles. The lowest BCUT2D eigenvalue weighted by molar-refractivity contribution is -0.136. The van der Waals surface area contributed by atoms with Gasteiger partial charge in [0.05, 0.1) is 17.1 Å². The quantitative estimate of drug-likeness (QED) is 0.930. The van der Waals surface area contributed by atoms with Crippen LogP contribution in [0.1, 0.15) is 50.4 Å². The topological polar surface area (TPSA) is 69.3 Å². The second-order valence-corrected chi connectivity index (χ2v) is 6.97. The average molecular weight is 340 g/mol. The molecule has 0 saturated carbocycles. The summed E-state index contributed by atoms with van der Waals surface area (Å²) in [7, 11) is 0. The first-order valence-corrected chi connectivity index (χ1v) is 9.24. The molecule has 2 saturated heterocycles. The van der Waals surface area contributed by atoms with Gasteiger partial charge in [-0.25, -0.2) is 4.98 Å². The van der Waals surface area contributed by atoms with Crippen molar-refractivity contribution < 1.29 is 9.59 Å². The van der Waals surface area contributed by atoms with E-state index >= 15 is 0 Å². The van der Waals surface area contributed by atoms with Crippen molar-refractivity contribution in [1.29, 1.82) is 0 Å². The Morgan fingerprint density at radius 2 is 2.08 bits per heavy atom. The third-order valence-electron chi connectivity index (χ3n) is 5.31. The summed E-state index contributed by atoms with van der Waals surface area (Å²) in [5.74, 6) is 1.19. The van der Waals surface area contributed by atoms with Crippen molar-refractivity contribution in [2.75, 3.05) is 19.6 Å². The maximum Gasteiger partial charge on any atom is 0.224 e. The molecule has 2 amide bonds. The Balaban J connectivity index is 1.48. The molecule has 2 fully saturated rings. The highest BCUT2D eigenvalue weighted by Gasteiger charge is 2.30. The van der Waals surface area contributed by atoms with Crippen LogP contribution in [0.4, 0.5) is 0 Å². The van der Waals surface area contributed by atoms with Gasteiger partial charge in [0.2, 0.25) is 11.8 Å². The molecule has 0 radical (unpaired) electrons. The lowest BCUT2D eigenvalue weighted by Gasteiger charge is -2.35. The molecule has 2 aromatic rings. The number of hydrogen-bond donors (Lipinski definition) is 1. The molecule has 1 unspecified atom stereocenters. The summed E-state index contributed by atoms with van der Waals surface area (Å²) >= 11 is 0. The number of aromatic amines is 1. The van der Waals surface area contributed by atoms with Crippen LogP contribution in [-0.2, 0) is 9.59 Å². The first kappa shape index (κ1) is 16.1. The number of piperidine rings is 1. The van der Waals surface area contributed by atoms with Gasteiger partial charge in [-0.05, 0) is 37.8 Å². The molecular formula is C19H24N4O2. The Kier molecular flexibility index (Phi) is 4.42. The summed E-state index contributed by atoms with van der Waals surface area (Å²) in [5, 5.41) is 0. The molecule has 2 aliphatic rings. The Morgan fingerprint density at radius 1 is 1.20 bits per heavy atom. The first-order valence-electron chi connectivity index (χ1n) is 9.24. The maximum atomic E-state index is 12.8. The predicted molar refractivity (Wildman–Crippen MR) is 94.8 cm³/mol. The number of rotatable bonds is 4. The monoisotopic (exact) mass is 340 g/mol. The summed E-state index contributed by atoms with van der Waals surface area (Å²) < 4.78 is 0. The zero-order valence-electron chi connectivity index (χ0n) is 14.4. The maximum absolute atomic E-state index is 12.8. The van der Waals surface area contributed by atoms with E-state index < -0.39 is 0 Å². The number of likely N-dealkylation sites (tertiary alicyclic amines) is 2. The van der Waals surface area contributed by atoms with E-state index in [2.05, 4.69) is 4.98 Å². The molecule has 3 heterocycles. The van der Waals surface area contributed by atoms with Crippen molar-refractivity contribution in [3.05, 3.63) is 30.1 Å². The molecule has 25 heavy (non-hydrogen) atoms. The zero-order chi connectivity index (χ0) is 17.2. The molecule has 0 spiro atoms. The van der Waals surface area contributed by atoms with Crippen LogP contribution in [0.15, 0.2) is 24.3 Å². The standard InChI is InChI=1S/C19H24N4O2/c24-17-9-5-11-22(17)13-10-18(25)23-12-4-3-8-16(23)19-20-14-6-1-2-7-15(14)21-19/h1-2,6-7,16H,3-5,8-13H2,(H,20,21). The van der Waals surface area contributed by atoms with Crippen LogP contribution < -0.4 is 0 Å². The third-order valence-corrected chi connectivity index (χ3v) is 5.31. The van der Waals surface area contributed by atoms with Gasteiger partial charge in [0, 0.05) is 32.5 Å². The first-order chi connectivity index (χ1) is 12.2. The number of imidazole rings is 1. The Labute approximate surface area is 147 Å². The predicted octanol–water partition coefficient (Wildman–Crippen LogP) is 2.63. The molecule has 6 heteroatoms. The average Bonchev–Trinajstić information content (AvgIpc) is 3.25. The smallest absolute Gasteiger partial charge is 0.224 e. The van der Waals surface area contributed by atoms with Crippen LogP contribution in [0, 0.1) is 0 Å². The van der Waals surface area contributed by atoms with E-state index in [4.69, 9.17) is 4.98 Å². The number of nitrogens with one attached hydrogen (secondary N) is 1. The van der Waals surface area contributed by atoms with Crippen molar-refractivity contribution >= 4 is 22.8 Å². The molecule has 0 aliphatic carbocycles. The van der Waals surface area contributed by atoms with Crippen molar-refractivity contribution in [1.82, 2.24) is 19.8 Å². The summed E-state index contributed by atoms with van der Waals surface area (Å²) in [4.78, 5) is 36.4. The molecule has 132 valence electrons. The minimum absolute atomic E-state index is 0.0166. The van der Waals surface area contributed by atoms with Gasteiger partial charge in [0.25, 0.3) is 0 Å². The van der Waals surface area contributed by atoms with E-state index in [1.165, 1.54) is 0 Å². The number of amides is 2. The van der Waals surface area contributed by atoms with Crippen LogP contribution in [0.3, 0.4) is 0 Å². The van der Waals surface area contributed by atoms with E-state index in [9.17, 15) is 9.59 Å². The number of nitrogens with zero attached hydrogens (tertiary/aromatic N) is 3. The fourth-order valence-electron chi connectivity index (χ4n) is 3.96. The number of benzene rings is 1. The van der Waals surface area contributed by atoms with Crippen LogP contribution in [0.2, 0.25) is 0 Å². The SMILES string of the molecule is O=C1CCCN1CCC(=O)N1CCCCC1c1nc2ccccc2[nH]1. The number of fused-ring (bicyclic) bond motifs is 1. The highest BCUT2D eigenvalue weighted by molar-refractivity contribution is 5.81. The highest BCUT2D eigenvalue weighted by atomic mass is 16.2. The molecule has 0 bridgehead atoms. The molecule has 4 rings (SSSR count). The van der Waals surface area contributed by atoms with Crippen molar-refractivity contribution in [3.63, 3.8) is 0 Å². The van der Waals surface area contributed by atoms with E-state index in [0.717, 1.165) is 55.6 Å². The van der Waals surface area contributed by atoms with Gasteiger partial charge in [0.1, 0.15) is 5.82 Å².